The van der Waals surface area contributed by atoms with Crippen LogP contribution in [-0.2, 0) is 11.2 Å². The Hall–Kier alpha value is -1.81. The van der Waals surface area contributed by atoms with E-state index >= 15 is 0 Å². The molecule has 2 rings (SSSR count). The van der Waals surface area contributed by atoms with Gasteiger partial charge in [-0.05, 0) is 95.1 Å². The molecule has 1 amide bonds. The summed E-state index contributed by atoms with van der Waals surface area (Å²) in [6, 6.07) is 5.88. The van der Waals surface area contributed by atoms with Crippen molar-refractivity contribution in [3.8, 4) is 0 Å². The number of rotatable bonds is 8. The zero-order valence-electron chi connectivity index (χ0n) is 22.1. The van der Waals surface area contributed by atoms with Crippen molar-refractivity contribution in [2.45, 2.75) is 100 Å². The van der Waals surface area contributed by atoms with Gasteiger partial charge in [-0.25, -0.2) is 0 Å². The topological polar surface area (TPSA) is 46.2 Å². The number of thioether (sulfide) groups is 1. The van der Waals surface area contributed by atoms with E-state index in [0.717, 1.165) is 42.2 Å². The van der Waals surface area contributed by atoms with Crippen LogP contribution in [0.5, 0.6) is 0 Å². The Morgan fingerprint density at radius 2 is 1.67 bits per heavy atom. The summed E-state index contributed by atoms with van der Waals surface area (Å²) in [5.41, 5.74) is 4.58. The molecule has 0 bridgehead atoms. The molecule has 0 saturated heterocycles. The van der Waals surface area contributed by atoms with Crippen molar-refractivity contribution in [1.29, 1.82) is 0 Å². The molecule has 0 spiro atoms. The van der Waals surface area contributed by atoms with Crippen LogP contribution >= 0.6 is 11.8 Å². The predicted octanol–water partition coefficient (Wildman–Crippen LogP) is 8.38. The third-order valence-corrected chi connectivity index (χ3v) is 7.74. The number of nitrogens with one attached hydrogen (secondary N) is 1. The third-order valence-electron chi connectivity index (χ3n) is 6.54. The summed E-state index contributed by atoms with van der Waals surface area (Å²) in [4.78, 5) is 24.9. The van der Waals surface area contributed by atoms with Gasteiger partial charge in [-0.15, -0.1) is 0 Å². The molecule has 1 N–H and O–H groups in total. The van der Waals surface area contributed by atoms with Crippen molar-refractivity contribution < 1.29 is 9.59 Å². The molecule has 4 heteroatoms. The maximum Gasteiger partial charge on any atom is 0.227 e. The first kappa shape index (κ1) is 29.2. The van der Waals surface area contributed by atoms with Crippen LogP contribution in [0.3, 0.4) is 0 Å². The fourth-order valence-corrected chi connectivity index (χ4v) is 5.06. The van der Waals surface area contributed by atoms with Crippen LogP contribution in [0.25, 0.3) is 0 Å². The highest BCUT2D eigenvalue weighted by molar-refractivity contribution is 8.06. The fraction of sp³-hybridized carbons (Fsp3) is 0.586. The van der Waals surface area contributed by atoms with Gasteiger partial charge in [0.2, 0.25) is 5.91 Å². The number of benzene rings is 1. The van der Waals surface area contributed by atoms with Gasteiger partial charge in [0.25, 0.3) is 0 Å². The lowest BCUT2D eigenvalue weighted by Crippen LogP contribution is -2.32. The van der Waals surface area contributed by atoms with Crippen molar-refractivity contribution in [2.24, 2.45) is 11.8 Å². The minimum atomic E-state index is 0.163. The summed E-state index contributed by atoms with van der Waals surface area (Å²) in [7, 11) is 0. The predicted molar refractivity (Wildman–Crippen MR) is 144 cm³/mol. The number of allylic oxidation sites excluding steroid dienone is 3. The first-order valence-corrected chi connectivity index (χ1v) is 13.4. The van der Waals surface area contributed by atoms with Crippen LogP contribution < -0.4 is 5.32 Å². The van der Waals surface area contributed by atoms with E-state index in [2.05, 4.69) is 52.9 Å². The van der Waals surface area contributed by atoms with Crippen molar-refractivity contribution >= 4 is 23.5 Å². The first-order valence-electron chi connectivity index (χ1n) is 12.6. The number of aryl methyl sites for hydroxylation is 1. The molecule has 1 aromatic rings. The number of hydrogen-bond donors (Lipinski definition) is 1. The molecule has 0 atom stereocenters. The fourth-order valence-electron chi connectivity index (χ4n) is 4.13. The van der Waals surface area contributed by atoms with E-state index in [0.29, 0.717) is 0 Å². The number of carbonyl (C=O) groups is 2. The molecule has 1 aliphatic rings. The molecular formula is C29H45NO2S. The highest BCUT2D eigenvalue weighted by atomic mass is 32.2. The number of hydrogen-bond acceptors (Lipinski definition) is 3. The molecular weight excluding hydrogens is 426 g/mol. The van der Waals surface area contributed by atoms with Crippen molar-refractivity contribution in [2.75, 3.05) is 0 Å². The van der Waals surface area contributed by atoms with Gasteiger partial charge in [0.05, 0.1) is 5.03 Å². The average molecular weight is 472 g/mol. The second-order valence-corrected chi connectivity index (χ2v) is 10.5. The highest BCUT2D eigenvalue weighted by Gasteiger charge is 2.25. The van der Waals surface area contributed by atoms with Gasteiger partial charge in [0.15, 0.2) is 5.78 Å². The maximum atomic E-state index is 12.4. The minimum Gasteiger partial charge on any atom is -0.320 e. The maximum absolute atomic E-state index is 12.4. The summed E-state index contributed by atoms with van der Waals surface area (Å²) >= 11 is 1.68. The highest BCUT2D eigenvalue weighted by Crippen LogP contribution is 2.32. The molecule has 0 aliphatic heterocycles. The van der Waals surface area contributed by atoms with Crippen molar-refractivity contribution in [3.63, 3.8) is 0 Å². The summed E-state index contributed by atoms with van der Waals surface area (Å²) in [6.07, 6.45) is 9.77. The number of amides is 1. The Kier molecular flexibility index (Phi) is 13.4. The normalized spacial score (nSPS) is 18.1. The molecule has 1 aromatic carbocycles. The molecule has 184 valence electrons. The standard InChI is InChI=1S/C18H31NOS.C11H14O/c1-6-8-17(21-14(5)13(3)4)19-18(20)16-11-9-15(7-2)10-12-16;1-4-10-8(2)6-5-7-11(10)9(3)12/h8,15-16H,6-7,9-12H2,1-5H3,(H,19,20);5-7H,4H2,1-3H3/b17-8+;. The van der Waals surface area contributed by atoms with Gasteiger partial charge in [0, 0.05) is 11.5 Å². The minimum absolute atomic E-state index is 0.163. The lowest BCUT2D eigenvalue weighted by atomic mass is 9.80. The summed E-state index contributed by atoms with van der Waals surface area (Å²) in [5, 5.41) is 4.16. The van der Waals surface area contributed by atoms with Crippen LogP contribution in [0.15, 0.2) is 39.8 Å². The van der Waals surface area contributed by atoms with E-state index < -0.39 is 0 Å². The lowest BCUT2D eigenvalue weighted by molar-refractivity contribution is -0.125. The van der Waals surface area contributed by atoms with E-state index in [1.807, 2.05) is 25.1 Å². The molecule has 3 nitrogen and oxygen atoms in total. The lowest BCUT2D eigenvalue weighted by Gasteiger charge is -2.27. The van der Waals surface area contributed by atoms with Gasteiger partial charge < -0.3 is 5.32 Å². The largest absolute Gasteiger partial charge is 0.320 e. The molecule has 0 aromatic heterocycles. The van der Waals surface area contributed by atoms with Crippen LogP contribution in [-0.4, -0.2) is 11.7 Å². The van der Waals surface area contributed by atoms with Crippen LogP contribution in [0.1, 0.15) is 108 Å². The molecule has 0 unspecified atom stereocenters. The van der Waals surface area contributed by atoms with Crippen molar-refractivity contribution in [3.05, 3.63) is 56.5 Å². The van der Waals surface area contributed by atoms with Gasteiger partial charge >= 0.3 is 0 Å². The molecule has 33 heavy (non-hydrogen) atoms. The second-order valence-electron chi connectivity index (χ2n) is 9.26. The second kappa shape index (κ2) is 15.2. The Balaban J connectivity index is 0.000000383. The monoisotopic (exact) mass is 471 g/mol. The molecule has 1 fully saturated rings. The Morgan fingerprint density at radius 1 is 1.03 bits per heavy atom. The van der Waals surface area contributed by atoms with Gasteiger partial charge in [-0.3, -0.25) is 9.59 Å². The van der Waals surface area contributed by atoms with Crippen molar-refractivity contribution in [1.82, 2.24) is 5.32 Å². The van der Waals surface area contributed by atoms with Crippen LogP contribution in [0.2, 0.25) is 0 Å². The molecule has 1 aliphatic carbocycles. The molecule has 0 heterocycles. The average Bonchev–Trinajstić information content (AvgIpc) is 2.79. The van der Waals surface area contributed by atoms with E-state index in [-0.39, 0.29) is 17.6 Å². The zero-order chi connectivity index (χ0) is 25.0. The quantitative estimate of drug-likeness (QED) is 0.387. The summed E-state index contributed by atoms with van der Waals surface area (Å²) in [6.45, 7) is 16.4. The van der Waals surface area contributed by atoms with E-state index in [4.69, 9.17) is 0 Å². The SMILES string of the molecule is CC/C=C(\NC(=O)C1CCC(CC)CC1)SC(C)=C(C)C.CCc1c(C)cccc1C(C)=O. The smallest absolute Gasteiger partial charge is 0.227 e. The summed E-state index contributed by atoms with van der Waals surface area (Å²) in [5.74, 6) is 1.43. The number of ketones is 1. The number of Topliss-reactive ketones (excluding diaryl/α,β-unsaturated/α-hetero) is 1. The molecule has 0 radical (unpaired) electrons. The Bertz CT molecular complexity index is 841. The van der Waals surface area contributed by atoms with Gasteiger partial charge in [-0.1, -0.05) is 68.8 Å². The zero-order valence-corrected chi connectivity index (χ0v) is 23.0. The molecule has 1 saturated carbocycles. The van der Waals surface area contributed by atoms with Gasteiger partial charge in [0.1, 0.15) is 0 Å². The van der Waals surface area contributed by atoms with Crippen LogP contribution in [0.4, 0.5) is 0 Å². The van der Waals surface area contributed by atoms with E-state index in [1.54, 1.807) is 18.7 Å². The van der Waals surface area contributed by atoms with Gasteiger partial charge in [-0.2, -0.15) is 0 Å². The first-order chi connectivity index (χ1) is 15.6. The Morgan fingerprint density at radius 3 is 2.12 bits per heavy atom. The summed E-state index contributed by atoms with van der Waals surface area (Å²) < 4.78 is 0. The number of carbonyl (C=O) groups excluding carboxylic acids is 2. The van der Waals surface area contributed by atoms with E-state index in [1.165, 1.54) is 40.9 Å². The Labute approximate surface area is 206 Å². The van der Waals surface area contributed by atoms with E-state index in [9.17, 15) is 9.59 Å². The third kappa shape index (κ3) is 9.92. The van der Waals surface area contributed by atoms with Crippen LogP contribution in [0, 0.1) is 18.8 Å².